The van der Waals surface area contributed by atoms with Crippen LogP contribution in [0.1, 0.15) is 12.8 Å². The highest BCUT2D eigenvalue weighted by molar-refractivity contribution is 5.76. The number of rotatable bonds is 9. The second-order valence-electron chi connectivity index (χ2n) is 6.33. The molecule has 0 bridgehead atoms. The predicted octanol–water partition coefficient (Wildman–Crippen LogP) is 1.23. The molecular formula is C18H25FN2O5. The summed E-state index contributed by atoms with van der Waals surface area (Å²) in [6, 6.07) is 5.90. The van der Waals surface area contributed by atoms with Gasteiger partial charge in [-0.05, 0) is 25.6 Å². The molecule has 7 nitrogen and oxygen atoms in total. The van der Waals surface area contributed by atoms with E-state index in [9.17, 15) is 14.0 Å². The van der Waals surface area contributed by atoms with Crippen LogP contribution in [0.15, 0.2) is 24.3 Å². The molecule has 0 saturated carbocycles. The van der Waals surface area contributed by atoms with Crippen LogP contribution in [0.2, 0.25) is 0 Å². The molecule has 1 atom stereocenters. The van der Waals surface area contributed by atoms with E-state index in [0.717, 1.165) is 0 Å². The summed E-state index contributed by atoms with van der Waals surface area (Å²) in [7, 11) is 1.71. The summed E-state index contributed by atoms with van der Waals surface area (Å²) in [4.78, 5) is 26.4. The van der Waals surface area contributed by atoms with Gasteiger partial charge in [-0.15, -0.1) is 0 Å². The highest BCUT2D eigenvalue weighted by Crippen LogP contribution is 2.13. The molecule has 1 aromatic rings. The van der Waals surface area contributed by atoms with Crippen molar-refractivity contribution in [1.29, 1.82) is 0 Å². The third kappa shape index (κ3) is 6.97. The highest BCUT2D eigenvalue weighted by Gasteiger charge is 2.25. The van der Waals surface area contributed by atoms with Crippen molar-refractivity contribution >= 4 is 11.9 Å². The van der Waals surface area contributed by atoms with Crippen molar-refractivity contribution in [2.75, 3.05) is 46.4 Å². The number of amides is 1. The minimum atomic E-state index is -0.894. The molecule has 0 aromatic heterocycles. The van der Waals surface area contributed by atoms with Crippen LogP contribution in [0, 0.1) is 5.82 Å². The fourth-order valence-electron chi connectivity index (χ4n) is 2.83. The molecule has 0 spiro atoms. The quantitative estimate of drug-likeness (QED) is 0.661. The smallest absolute Gasteiger partial charge is 0.317 e. The van der Waals surface area contributed by atoms with Gasteiger partial charge in [-0.2, -0.15) is 0 Å². The third-order valence-electron chi connectivity index (χ3n) is 4.01. The van der Waals surface area contributed by atoms with Crippen LogP contribution >= 0.6 is 0 Å². The Morgan fingerprint density at radius 2 is 2.27 bits per heavy atom. The number of carbonyl (C=O) groups excluding carboxylic acids is 1. The molecule has 26 heavy (non-hydrogen) atoms. The van der Waals surface area contributed by atoms with Gasteiger partial charge in [0.25, 0.3) is 0 Å². The van der Waals surface area contributed by atoms with Gasteiger partial charge in [-0.3, -0.25) is 14.5 Å². The molecule has 144 valence electrons. The summed E-state index contributed by atoms with van der Waals surface area (Å²) in [6.07, 6.45) is 0.684. The molecule has 1 saturated heterocycles. The van der Waals surface area contributed by atoms with Crippen molar-refractivity contribution in [2.45, 2.75) is 18.9 Å². The Hall–Kier alpha value is -2.19. The fraction of sp³-hybridized carbons (Fsp3) is 0.556. The van der Waals surface area contributed by atoms with Gasteiger partial charge in [0, 0.05) is 32.1 Å². The monoisotopic (exact) mass is 368 g/mol. The Balaban J connectivity index is 1.68. The molecule has 0 aliphatic carbocycles. The predicted molar refractivity (Wildman–Crippen MR) is 92.6 cm³/mol. The van der Waals surface area contributed by atoms with Gasteiger partial charge in [-0.25, -0.2) is 4.39 Å². The standard InChI is InChI=1S/C18H25FN2O5/c1-20(13-18(23)24)11-16-12-21(7-9-26-16)17(22)6-3-8-25-15-5-2-4-14(19)10-15/h2,4-5,10,16H,3,6-9,11-13H2,1H3,(H,23,24). The molecule has 1 fully saturated rings. The number of benzene rings is 1. The van der Waals surface area contributed by atoms with Crippen molar-refractivity contribution < 1.29 is 28.6 Å². The lowest BCUT2D eigenvalue weighted by Crippen LogP contribution is -2.49. The number of carboxylic acid groups (broad SMARTS) is 1. The zero-order valence-electron chi connectivity index (χ0n) is 14.9. The van der Waals surface area contributed by atoms with Gasteiger partial charge in [0.05, 0.1) is 25.9 Å². The number of hydrogen-bond acceptors (Lipinski definition) is 5. The normalized spacial score (nSPS) is 17.3. The first-order valence-corrected chi connectivity index (χ1v) is 8.62. The number of hydrogen-bond donors (Lipinski definition) is 1. The molecular weight excluding hydrogens is 343 g/mol. The van der Waals surface area contributed by atoms with E-state index in [1.807, 2.05) is 0 Å². The zero-order chi connectivity index (χ0) is 18.9. The first-order valence-electron chi connectivity index (χ1n) is 8.62. The van der Waals surface area contributed by atoms with E-state index in [-0.39, 0.29) is 24.4 Å². The number of ether oxygens (including phenoxy) is 2. The second kappa shape index (κ2) is 10.1. The topological polar surface area (TPSA) is 79.3 Å². The lowest BCUT2D eigenvalue weighted by Gasteiger charge is -2.34. The molecule has 1 amide bonds. The van der Waals surface area contributed by atoms with E-state index in [1.54, 1.807) is 29.0 Å². The first-order chi connectivity index (χ1) is 12.4. The van der Waals surface area contributed by atoms with Crippen LogP contribution in [0.3, 0.4) is 0 Å². The van der Waals surface area contributed by atoms with E-state index in [2.05, 4.69) is 0 Å². The van der Waals surface area contributed by atoms with Gasteiger partial charge in [0.1, 0.15) is 11.6 Å². The van der Waals surface area contributed by atoms with Crippen LogP contribution in [-0.2, 0) is 14.3 Å². The van der Waals surface area contributed by atoms with Gasteiger partial charge in [-0.1, -0.05) is 6.07 Å². The van der Waals surface area contributed by atoms with E-state index in [1.165, 1.54) is 12.1 Å². The molecule has 1 aliphatic heterocycles. The second-order valence-corrected chi connectivity index (χ2v) is 6.33. The summed E-state index contributed by atoms with van der Waals surface area (Å²) >= 11 is 0. The molecule has 1 aliphatic rings. The molecule has 1 aromatic carbocycles. The zero-order valence-corrected chi connectivity index (χ0v) is 14.9. The number of carbonyl (C=O) groups is 2. The average Bonchev–Trinajstić information content (AvgIpc) is 2.58. The molecule has 8 heteroatoms. The molecule has 2 rings (SSSR count). The SMILES string of the molecule is CN(CC(=O)O)CC1CN(C(=O)CCCOc2cccc(F)c2)CCO1. The fourth-order valence-corrected chi connectivity index (χ4v) is 2.83. The van der Waals surface area contributed by atoms with E-state index in [0.29, 0.717) is 51.4 Å². The summed E-state index contributed by atoms with van der Waals surface area (Å²) in [5.41, 5.74) is 0. The maximum atomic E-state index is 13.1. The maximum absolute atomic E-state index is 13.1. The summed E-state index contributed by atoms with van der Waals surface area (Å²) in [6.45, 7) is 2.15. The summed E-state index contributed by atoms with van der Waals surface area (Å²) < 4.78 is 24.1. The summed E-state index contributed by atoms with van der Waals surface area (Å²) in [5, 5.41) is 8.79. The van der Waals surface area contributed by atoms with Crippen molar-refractivity contribution in [2.24, 2.45) is 0 Å². The van der Waals surface area contributed by atoms with Crippen LogP contribution < -0.4 is 4.74 Å². The average molecular weight is 368 g/mol. The van der Waals surface area contributed by atoms with Gasteiger partial charge in [0.2, 0.25) is 5.91 Å². The Labute approximate surface area is 152 Å². The first kappa shape index (κ1) is 20.1. The molecule has 1 unspecified atom stereocenters. The number of morpholine rings is 1. The van der Waals surface area contributed by atoms with Crippen molar-refractivity contribution in [3.8, 4) is 5.75 Å². The van der Waals surface area contributed by atoms with Crippen molar-refractivity contribution in [3.05, 3.63) is 30.1 Å². The van der Waals surface area contributed by atoms with E-state index in [4.69, 9.17) is 14.6 Å². The van der Waals surface area contributed by atoms with Crippen LogP contribution in [-0.4, -0.2) is 79.3 Å². The van der Waals surface area contributed by atoms with E-state index < -0.39 is 5.97 Å². The molecule has 1 N–H and O–H groups in total. The Morgan fingerprint density at radius 3 is 3.00 bits per heavy atom. The van der Waals surface area contributed by atoms with Gasteiger partial charge in [0.15, 0.2) is 0 Å². The molecule has 1 heterocycles. The number of likely N-dealkylation sites (N-methyl/N-ethyl adjacent to an activating group) is 1. The number of nitrogens with zero attached hydrogens (tertiary/aromatic N) is 2. The minimum absolute atomic E-state index is 0.0158. The van der Waals surface area contributed by atoms with E-state index >= 15 is 0 Å². The lowest BCUT2D eigenvalue weighted by molar-refractivity contribution is -0.142. The Morgan fingerprint density at radius 1 is 1.46 bits per heavy atom. The number of aliphatic carboxylic acids is 1. The third-order valence-corrected chi connectivity index (χ3v) is 4.01. The van der Waals surface area contributed by atoms with Crippen molar-refractivity contribution in [3.63, 3.8) is 0 Å². The summed E-state index contributed by atoms with van der Waals surface area (Å²) in [5.74, 6) is -0.785. The van der Waals surface area contributed by atoms with Crippen LogP contribution in [0.4, 0.5) is 4.39 Å². The van der Waals surface area contributed by atoms with Crippen LogP contribution in [0.5, 0.6) is 5.75 Å². The largest absolute Gasteiger partial charge is 0.493 e. The Kier molecular flexibility index (Phi) is 7.80. The van der Waals surface area contributed by atoms with Crippen LogP contribution in [0.25, 0.3) is 0 Å². The van der Waals surface area contributed by atoms with Gasteiger partial charge >= 0.3 is 5.97 Å². The minimum Gasteiger partial charge on any atom is -0.493 e. The Bertz CT molecular complexity index is 613. The lowest BCUT2D eigenvalue weighted by atomic mass is 10.2. The van der Waals surface area contributed by atoms with Crippen molar-refractivity contribution in [1.82, 2.24) is 9.80 Å². The maximum Gasteiger partial charge on any atom is 0.317 e. The van der Waals surface area contributed by atoms with Gasteiger partial charge < -0.3 is 19.5 Å². The highest BCUT2D eigenvalue weighted by atomic mass is 19.1. The number of halogens is 1. The molecule has 0 radical (unpaired) electrons. The number of carboxylic acids is 1.